The molecule has 7 nitrogen and oxygen atoms in total. The molecule has 21 heavy (non-hydrogen) atoms. The zero-order valence-corrected chi connectivity index (χ0v) is 13.7. The molecule has 1 aromatic rings. The van der Waals surface area contributed by atoms with Crippen molar-refractivity contribution in [3.8, 4) is 0 Å². The van der Waals surface area contributed by atoms with E-state index in [2.05, 4.69) is 5.32 Å². The highest BCUT2D eigenvalue weighted by atomic mass is 127. The van der Waals surface area contributed by atoms with Gasteiger partial charge in [-0.15, -0.1) is 0 Å². The number of hydrogen-bond acceptors (Lipinski definition) is 4. The predicted octanol–water partition coefficient (Wildman–Crippen LogP) is 2.57. The van der Waals surface area contributed by atoms with Gasteiger partial charge in [-0.25, -0.2) is 4.79 Å². The molecule has 0 fully saturated rings. The molecule has 0 saturated carbocycles. The highest BCUT2D eigenvalue weighted by molar-refractivity contribution is 14.1. The van der Waals surface area contributed by atoms with E-state index in [4.69, 9.17) is 0 Å². The van der Waals surface area contributed by atoms with Gasteiger partial charge in [0.05, 0.1) is 10.5 Å². The average molecular weight is 406 g/mol. The summed E-state index contributed by atoms with van der Waals surface area (Å²) in [5.41, 5.74) is -1.49. The minimum absolute atomic E-state index is 0.0947. The number of aliphatic carboxylic acids is 1. The first-order valence-corrected chi connectivity index (χ1v) is 7.35. The Balaban J connectivity index is 3.17. The zero-order valence-electron chi connectivity index (χ0n) is 11.6. The van der Waals surface area contributed by atoms with Crippen molar-refractivity contribution in [2.45, 2.75) is 32.2 Å². The molecule has 1 aromatic carbocycles. The molecule has 0 atom stereocenters. The lowest BCUT2D eigenvalue weighted by atomic mass is 9.92. The number of hydrogen-bond donors (Lipinski definition) is 2. The van der Waals surface area contributed by atoms with Crippen LogP contribution in [-0.2, 0) is 4.79 Å². The number of rotatable bonds is 6. The number of non-ortho nitro benzene ring substituents is 1. The molecule has 0 saturated heterocycles. The van der Waals surface area contributed by atoms with Gasteiger partial charge in [0.1, 0.15) is 5.54 Å². The number of carbonyl (C=O) groups is 2. The van der Waals surface area contributed by atoms with Crippen LogP contribution in [0.4, 0.5) is 5.69 Å². The lowest BCUT2D eigenvalue weighted by Crippen LogP contribution is -2.53. The molecular weight excluding hydrogens is 391 g/mol. The summed E-state index contributed by atoms with van der Waals surface area (Å²) in [6.07, 6.45) is 0.437. The van der Waals surface area contributed by atoms with Crippen LogP contribution >= 0.6 is 22.6 Å². The van der Waals surface area contributed by atoms with Crippen LogP contribution < -0.4 is 5.32 Å². The number of carboxylic acid groups (broad SMARTS) is 1. The maximum Gasteiger partial charge on any atom is 0.329 e. The second-order valence-corrected chi connectivity index (χ2v) is 5.63. The van der Waals surface area contributed by atoms with Crippen LogP contribution in [0.3, 0.4) is 0 Å². The van der Waals surface area contributed by atoms with Crippen LogP contribution in [0.25, 0.3) is 0 Å². The van der Waals surface area contributed by atoms with Gasteiger partial charge in [0, 0.05) is 15.7 Å². The van der Waals surface area contributed by atoms with Crippen molar-refractivity contribution in [3.63, 3.8) is 0 Å². The monoisotopic (exact) mass is 406 g/mol. The fraction of sp³-hybridized carbons (Fsp3) is 0.385. The minimum atomic E-state index is -1.37. The summed E-state index contributed by atoms with van der Waals surface area (Å²) in [6, 6.07) is 3.89. The smallest absolute Gasteiger partial charge is 0.329 e. The van der Waals surface area contributed by atoms with Gasteiger partial charge in [0.25, 0.3) is 11.6 Å². The average Bonchev–Trinajstić information content (AvgIpc) is 2.44. The fourth-order valence-electron chi connectivity index (χ4n) is 1.87. The van der Waals surface area contributed by atoms with Crippen molar-refractivity contribution in [1.82, 2.24) is 5.32 Å². The molecule has 0 aromatic heterocycles. The minimum Gasteiger partial charge on any atom is -0.480 e. The Morgan fingerprint density at radius 2 is 1.95 bits per heavy atom. The summed E-state index contributed by atoms with van der Waals surface area (Å²) in [5, 5.41) is 22.6. The topological polar surface area (TPSA) is 110 Å². The number of nitro benzene ring substituents is 1. The summed E-state index contributed by atoms with van der Waals surface area (Å²) < 4.78 is 0.516. The third kappa shape index (κ3) is 3.69. The lowest BCUT2D eigenvalue weighted by Gasteiger charge is -2.28. The van der Waals surface area contributed by atoms with E-state index in [-0.39, 0.29) is 24.1 Å². The molecule has 0 radical (unpaired) electrons. The second kappa shape index (κ2) is 6.83. The Labute approximate surface area is 135 Å². The van der Waals surface area contributed by atoms with E-state index in [0.717, 1.165) is 6.07 Å². The standard InChI is InChI=1S/C13H15IN2O5/c1-3-13(4-2,12(18)19)15-11(17)9-7-8(16(20)21)5-6-10(9)14/h5-7H,3-4H2,1-2H3,(H,15,17)(H,18,19). The molecule has 1 amide bonds. The number of nitrogens with zero attached hydrogens (tertiary/aromatic N) is 1. The summed E-state index contributed by atoms with van der Waals surface area (Å²) >= 11 is 1.88. The number of carbonyl (C=O) groups excluding carboxylic acids is 1. The van der Waals surface area contributed by atoms with E-state index in [1.165, 1.54) is 12.1 Å². The number of carboxylic acids is 1. The van der Waals surface area contributed by atoms with Crippen molar-refractivity contribution in [2.75, 3.05) is 0 Å². The molecule has 0 aliphatic carbocycles. The third-order valence-corrected chi connectivity index (χ3v) is 4.32. The first-order valence-electron chi connectivity index (χ1n) is 6.27. The molecule has 0 heterocycles. The summed E-state index contributed by atoms with van der Waals surface area (Å²) in [4.78, 5) is 33.8. The van der Waals surface area contributed by atoms with Crippen LogP contribution in [0.1, 0.15) is 37.0 Å². The maximum absolute atomic E-state index is 12.3. The molecule has 2 N–H and O–H groups in total. The Kier molecular flexibility index (Phi) is 5.64. The van der Waals surface area contributed by atoms with Crippen molar-refractivity contribution in [3.05, 3.63) is 37.4 Å². The Morgan fingerprint density at radius 3 is 2.38 bits per heavy atom. The van der Waals surface area contributed by atoms with Crippen molar-refractivity contribution >= 4 is 40.2 Å². The predicted molar refractivity (Wildman–Crippen MR) is 84.2 cm³/mol. The molecule has 0 aliphatic heterocycles. The number of nitro groups is 1. The summed E-state index contributed by atoms with van der Waals surface area (Å²) in [7, 11) is 0. The molecular formula is C13H15IN2O5. The molecule has 1 rings (SSSR count). The highest BCUT2D eigenvalue weighted by Crippen LogP contribution is 2.22. The SMILES string of the molecule is CCC(CC)(NC(=O)c1cc([N+](=O)[O-])ccc1I)C(=O)O. The van der Waals surface area contributed by atoms with Gasteiger partial charge in [-0.3, -0.25) is 14.9 Å². The van der Waals surface area contributed by atoms with Gasteiger partial charge in [-0.05, 0) is 41.5 Å². The first kappa shape index (κ1) is 17.3. The highest BCUT2D eigenvalue weighted by Gasteiger charge is 2.37. The van der Waals surface area contributed by atoms with Gasteiger partial charge in [-0.2, -0.15) is 0 Å². The summed E-state index contributed by atoms with van der Waals surface area (Å²) in [5.74, 6) is -1.75. The van der Waals surface area contributed by atoms with Gasteiger partial charge in [0.2, 0.25) is 0 Å². The van der Waals surface area contributed by atoms with Crippen LogP contribution in [-0.4, -0.2) is 27.4 Å². The molecule has 0 bridgehead atoms. The van der Waals surface area contributed by atoms with Crippen molar-refractivity contribution in [2.24, 2.45) is 0 Å². The van der Waals surface area contributed by atoms with E-state index in [1.807, 2.05) is 22.6 Å². The van der Waals surface area contributed by atoms with Crippen LogP contribution in [0.5, 0.6) is 0 Å². The number of amides is 1. The molecule has 0 spiro atoms. The van der Waals surface area contributed by atoms with E-state index in [1.54, 1.807) is 13.8 Å². The molecule has 0 aliphatic rings. The van der Waals surface area contributed by atoms with Crippen molar-refractivity contribution in [1.29, 1.82) is 0 Å². The molecule has 0 unspecified atom stereocenters. The van der Waals surface area contributed by atoms with Gasteiger partial charge >= 0.3 is 5.97 Å². The fourth-order valence-corrected chi connectivity index (χ4v) is 2.45. The van der Waals surface area contributed by atoms with Gasteiger partial charge in [-0.1, -0.05) is 13.8 Å². The quantitative estimate of drug-likeness (QED) is 0.429. The van der Waals surface area contributed by atoms with Crippen LogP contribution in [0.2, 0.25) is 0 Å². The van der Waals surface area contributed by atoms with Crippen LogP contribution in [0.15, 0.2) is 18.2 Å². The third-order valence-electron chi connectivity index (χ3n) is 3.37. The second-order valence-electron chi connectivity index (χ2n) is 4.47. The Morgan fingerprint density at radius 1 is 1.38 bits per heavy atom. The van der Waals surface area contributed by atoms with Gasteiger partial charge < -0.3 is 10.4 Å². The Hall–Kier alpha value is -1.71. The van der Waals surface area contributed by atoms with E-state index in [0.29, 0.717) is 3.57 Å². The van der Waals surface area contributed by atoms with Crippen LogP contribution in [0, 0.1) is 13.7 Å². The zero-order chi connectivity index (χ0) is 16.2. The number of benzene rings is 1. The lowest BCUT2D eigenvalue weighted by molar-refractivity contribution is -0.384. The normalized spacial score (nSPS) is 11.0. The van der Waals surface area contributed by atoms with Crippen molar-refractivity contribution < 1.29 is 19.6 Å². The van der Waals surface area contributed by atoms with Gasteiger partial charge in [0.15, 0.2) is 0 Å². The maximum atomic E-state index is 12.3. The van der Waals surface area contributed by atoms with E-state index < -0.39 is 22.3 Å². The van der Waals surface area contributed by atoms with E-state index >= 15 is 0 Å². The molecule has 8 heteroatoms. The summed E-state index contributed by atoms with van der Waals surface area (Å²) in [6.45, 7) is 3.33. The van der Waals surface area contributed by atoms with E-state index in [9.17, 15) is 24.8 Å². The first-order chi connectivity index (χ1) is 9.77. The largest absolute Gasteiger partial charge is 0.480 e. The molecule has 114 valence electrons. The number of halogens is 1. The Bertz CT molecular complexity index is 584. The number of nitrogens with one attached hydrogen (secondary N) is 1.